The summed E-state index contributed by atoms with van der Waals surface area (Å²) in [5.41, 5.74) is 0. The Labute approximate surface area is 135 Å². The first kappa shape index (κ1) is 19.2. The van der Waals surface area contributed by atoms with Crippen LogP contribution in [-0.4, -0.2) is 38.2 Å². The third-order valence-electron chi connectivity index (χ3n) is 3.00. The van der Waals surface area contributed by atoms with Crippen molar-refractivity contribution in [2.75, 3.05) is 12.8 Å². The minimum absolute atomic E-state index is 0.00428. The summed E-state index contributed by atoms with van der Waals surface area (Å²) in [6.07, 6.45) is 4.26. The number of hydrogen-bond donors (Lipinski definition) is 3. The zero-order valence-corrected chi connectivity index (χ0v) is 13.8. The van der Waals surface area contributed by atoms with Gasteiger partial charge >= 0.3 is 5.97 Å². The number of hydrogen-bond acceptors (Lipinski definition) is 5. The number of nitrogens with one attached hydrogen (secondary N) is 2. The van der Waals surface area contributed by atoms with Crippen LogP contribution in [-0.2, 0) is 21.4 Å². The fourth-order valence-electron chi connectivity index (χ4n) is 1.84. The average Bonchev–Trinajstić information content (AvgIpc) is 2.92. The van der Waals surface area contributed by atoms with Crippen molar-refractivity contribution in [1.29, 1.82) is 0 Å². The van der Waals surface area contributed by atoms with E-state index in [4.69, 9.17) is 9.52 Å². The molecule has 0 aliphatic heterocycles. The Morgan fingerprint density at radius 3 is 2.52 bits per heavy atom. The van der Waals surface area contributed by atoms with Gasteiger partial charge in [0.25, 0.3) is 5.91 Å². The molecule has 0 atom stereocenters. The molecule has 0 unspecified atom stereocenters. The maximum atomic E-state index is 11.8. The van der Waals surface area contributed by atoms with Crippen LogP contribution in [0.5, 0.6) is 0 Å². The number of unbranched alkanes of at least 4 members (excludes halogenated alkanes) is 3. The number of amides is 1. The Morgan fingerprint density at radius 1 is 1.17 bits per heavy atom. The summed E-state index contributed by atoms with van der Waals surface area (Å²) >= 11 is 0. The van der Waals surface area contributed by atoms with E-state index in [1.54, 1.807) is 6.07 Å². The van der Waals surface area contributed by atoms with Crippen LogP contribution in [0.25, 0.3) is 0 Å². The minimum Gasteiger partial charge on any atom is -0.481 e. The molecular weight excluding hydrogens is 324 g/mol. The zero-order valence-electron chi connectivity index (χ0n) is 13.0. The fourth-order valence-corrected chi connectivity index (χ4v) is 2.25. The molecular formula is C14H22N2O6S. The molecule has 1 aromatic rings. The van der Waals surface area contributed by atoms with Crippen LogP contribution in [0.4, 0.5) is 0 Å². The second-order valence-corrected chi connectivity index (χ2v) is 7.01. The largest absolute Gasteiger partial charge is 0.481 e. The highest BCUT2D eigenvalue weighted by Crippen LogP contribution is 2.08. The Balaban J connectivity index is 2.22. The van der Waals surface area contributed by atoms with E-state index >= 15 is 0 Å². The van der Waals surface area contributed by atoms with Crippen molar-refractivity contribution in [2.24, 2.45) is 0 Å². The summed E-state index contributed by atoms with van der Waals surface area (Å²) in [6, 6.07) is 3.03. The van der Waals surface area contributed by atoms with Crippen molar-refractivity contribution in [3.05, 3.63) is 23.7 Å². The van der Waals surface area contributed by atoms with Gasteiger partial charge in [0.1, 0.15) is 5.76 Å². The lowest BCUT2D eigenvalue weighted by molar-refractivity contribution is -0.137. The molecule has 23 heavy (non-hydrogen) atoms. The third kappa shape index (κ3) is 8.99. The molecule has 0 aliphatic rings. The molecule has 130 valence electrons. The highest BCUT2D eigenvalue weighted by molar-refractivity contribution is 7.88. The molecule has 1 amide bonds. The normalized spacial score (nSPS) is 11.3. The number of carbonyl (C=O) groups is 2. The Kier molecular flexibility index (Phi) is 7.76. The number of carboxylic acids is 1. The van der Waals surface area contributed by atoms with E-state index in [1.807, 2.05) is 0 Å². The van der Waals surface area contributed by atoms with Crippen molar-refractivity contribution in [2.45, 2.75) is 38.6 Å². The van der Waals surface area contributed by atoms with Gasteiger partial charge in [-0.3, -0.25) is 9.59 Å². The van der Waals surface area contributed by atoms with Gasteiger partial charge in [-0.15, -0.1) is 0 Å². The van der Waals surface area contributed by atoms with E-state index in [1.165, 1.54) is 6.07 Å². The lowest BCUT2D eigenvalue weighted by atomic mass is 10.1. The molecule has 1 rings (SSSR count). The number of furan rings is 1. The summed E-state index contributed by atoms with van der Waals surface area (Å²) in [7, 11) is -3.31. The predicted octanol–water partition coefficient (Wildman–Crippen LogP) is 1.09. The van der Waals surface area contributed by atoms with Gasteiger partial charge in [0.15, 0.2) is 5.76 Å². The Hall–Kier alpha value is -1.87. The number of carboxylic acid groups (broad SMARTS) is 1. The van der Waals surface area contributed by atoms with E-state index in [0.717, 1.165) is 25.5 Å². The smallest absolute Gasteiger partial charge is 0.303 e. The van der Waals surface area contributed by atoms with Gasteiger partial charge in [0.2, 0.25) is 10.0 Å². The van der Waals surface area contributed by atoms with Crippen molar-refractivity contribution in [1.82, 2.24) is 10.0 Å². The summed E-state index contributed by atoms with van der Waals surface area (Å²) in [6.45, 7) is 0.471. The Morgan fingerprint density at radius 2 is 1.87 bits per heavy atom. The summed E-state index contributed by atoms with van der Waals surface area (Å²) in [4.78, 5) is 22.1. The minimum atomic E-state index is -3.31. The SMILES string of the molecule is CS(=O)(=O)NCc1ccc(C(=O)NCCCCCCC(=O)O)o1. The van der Waals surface area contributed by atoms with Crippen molar-refractivity contribution in [3.63, 3.8) is 0 Å². The van der Waals surface area contributed by atoms with Gasteiger partial charge in [-0.2, -0.15) is 0 Å². The quantitative estimate of drug-likeness (QED) is 0.515. The monoisotopic (exact) mass is 346 g/mol. The van der Waals surface area contributed by atoms with E-state index in [9.17, 15) is 18.0 Å². The first-order valence-corrected chi connectivity index (χ1v) is 9.20. The molecule has 8 nitrogen and oxygen atoms in total. The molecule has 0 spiro atoms. The highest BCUT2D eigenvalue weighted by Gasteiger charge is 2.11. The number of aliphatic carboxylic acids is 1. The number of carbonyl (C=O) groups excluding carboxylic acids is 1. The maximum Gasteiger partial charge on any atom is 0.303 e. The van der Waals surface area contributed by atoms with Crippen molar-refractivity contribution >= 4 is 21.9 Å². The predicted molar refractivity (Wildman–Crippen MR) is 83.4 cm³/mol. The number of rotatable bonds is 11. The second-order valence-electron chi connectivity index (χ2n) is 5.17. The molecule has 0 bridgehead atoms. The molecule has 0 saturated heterocycles. The van der Waals surface area contributed by atoms with Gasteiger partial charge < -0.3 is 14.8 Å². The van der Waals surface area contributed by atoms with E-state index in [-0.39, 0.29) is 24.6 Å². The summed E-state index contributed by atoms with van der Waals surface area (Å²) in [5, 5.41) is 11.2. The van der Waals surface area contributed by atoms with Crippen LogP contribution in [0.2, 0.25) is 0 Å². The molecule has 9 heteroatoms. The van der Waals surface area contributed by atoms with Crippen LogP contribution in [0, 0.1) is 0 Å². The standard InChI is InChI=1S/C14H22N2O6S/c1-23(20,21)16-10-11-7-8-12(22-11)14(19)15-9-5-3-2-4-6-13(17)18/h7-8,16H,2-6,9-10H2,1H3,(H,15,19)(H,17,18). The number of sulfonamides is 1. The Bertz CT molecular complexity index is 623. The van der Waals surface area contributed by atoms with Crippen LogP contribution in [0.1, 0.15) is 48.4 Å². The lowest BCUT2D eigenvalue weighted by Gasteiger charge is -2.03. The first-order valence-electron chi connectivity index (χ1n) is 7.31. The summed E-state index contributed by atoms with van der Waals surface area (Å²) < 4.78 is 29.5. The molecule has 1 heterocycles. The molecule has 0 fully saturated rings. The molecule has 0 radical (unpaired) electrons. The second kappa shape index (κ2) is 9.31. The molecule has 0 aromatic carbocycles. The van der Waals surface area contributed by atoms with E-state index < -0.39 is 16.0 Å². The van der Waals surface area contributed by atoms with Crippen molar-refractivity contribution in [3.8, 4) is 0 Å². The average molecular weight is 346 g/mol. The maximum absolute atomic E-state index is 11.8. The summed E-state index contributed by atoms with van der Waals surface area (Å²) in [5.74, 6) is -0.672. The van der Waals surface area contributed by atoms with Gasteiger partial charge in [-0.1, -0.05) is 12.8 Å². The molecule has 0 aliphatic carbocycles. The van der Waals surface area contributed by atoms with Crippen LogP contribution < -0.4 is 10.0 Å². The van der Waals surface area contributed by atoms with Crippen LogP contribution in [0.3, 0.4) is 0 Å². The first-order chi connectivity index (χ1) is 10.8. The van der Waals surface area contributed by atoms with E-state index in [2.05, 4.69) is 10.0 Å². The molecule has 0 saturated carbocycles. The van der Waals surface area contributed by atoms with Crippen molar-refractivity contribution < 1.29 is 27.5 Å². The molecule has 3 N–H and O–H groups in total. The van der Waals surface area contributed by atoms with Gasteiger partial charge in [-0.05, 0) is 25.0 Å². The van der Waals surface area contributed by atoms with Crippen LogP contribution in [0.15, 0.2) is 16.5 Å². The lowest BCUT2D eigenvalue weighted by Crippen LogP contribution is -2.24. The highest BCUT2D eigenvalue weighted by atomic mass is 32.2. The van der Waals surface area contributed by atoms with Crippen LogP contribution >= 0.6 is 0 Å². The molecule has 1 aromatic heterocycles. The topological polar surface area (TPSA) is 126 Å². The van der Waals surface area contributed by atoms with E-state index in [0.29, 0.717) is 18.7 Å². The third-order valence-corrected chi connectivity index (χ3v) is 3.67. The van der Waals surface area contributed by atoms with Gasteiger partial charge in [-0.25, -0.2) is 13.1 Å². The fraction of sp³-hybridized carbons (Fsp3) is 0.571. The van der Waals surface area contributed by atoms with Gasteiger partial charge in [0, 0.05) is 13.0 Å². The van der Waals surface area contributed by atoms with Gasteiger partial charge in [0.05, 0.1) is 12.8 Å². The zero-order chi connectivity index (χ0) is 17.3.